The number of fused-ring (bicyclic) bond motifs is 1. The van der Waals surface area contributed by atoms with Crippen molar-refractivity contribution in [2.24, 2.45) is 0 Å². The van der Waals surface area contributed by atoms with Crippen molar-refractivity contribution in [2.75, 3.05) is 12.4 Å². The van der Waals surface area contributed by atoms with Crippen LogP contribution in [-0.2, 0) is 0 Å². The molecule has 1 amide bonds. The molecule has 0 atom stereocenters. The Labute approximate surface area is 183 Å². The Morgan fingerprint density at radius 2 is 1.72 bits per heavy atom. The monoisotopic (exact) mass is 428 g/mol. The van der Waals surface area contributed by atoms with E-state index in [1.807, 2.05) is 6.07 Å². The van der Waals surface area contributed by atoms with E-state index in [9.17, 15) is 19.5 Å². The molecule has 0 saturated carbocycles. The molecule has 1 aromatic heterocycles. The zero-order valence-corrected chi connectivity index (χ0v) is 17.5. The molecular formula is C25H20N2O5. The van der Waals surface area contributed by atoms with Crippen LogP contribution in [0.2, 0.25) is 0 Å². The van der Waals surface area contributed by atoms with Gasteiger partial charge in [-0.15, -0.1) is 0 Å². The smallest absolute Gasteiger partial charge is 0.335 e. The van der Waals surface area contributed by atoms with Crippen molar-refractivity contribution in [1.29, 1.82) is 0 Å². The number of anilines is 1. The number of carboxylic acids is 1. The van der Waals surface area contributed by atoms with Crippen molar-refractivity contribution in [2.45, 2.75) is 6.92 Å². The lowest BCUT2D eigenvalue weighted by Gasteiger charge is -2.10. The van der Waals surface area contributed by atoms with Crippen LogP contribution in [0.25, 0.3) is 22.0 Å². The Morgan fingerprint density at radius 1 is 0.938 bits per heavy atom. The first-order valence-corrected chi connectivity index (χ1v) is 9.82. The molecule has 0 spiro atoms. The van der Waals surface area contributed by atoms with Crippen molar-refractivity contribution in [3.05, 3.63) is 84.1 Å². The molecule has 7 nitrogen and oxygen atoms in total. The molecule has 0 fully saturated rings. The zero-order valence-electron chi connectivity index (χ0n) is 17.5. The summed E-state index contributed by atoms with van der Waals surface area (Å²) in [6.45, 7) is 1.42. The van der Waals surface area contributed by atoms with Gasteiger partial charge in [-0.2, -0.15) is 0 Å². The second kappa shape index (κ2) is 8.39. The second-order valence-electron chi connectivity index (χ2n) is 7.24. The molecule has 0 aliphatic rings. The first-order valence-electron chi connectivity index (χ1n) is 9.82. The predicted molar refractivity (Wildman–Crippen MR) is 122 cm³/mol. The molecule has 0 radical (unpaired) electrons. The molecule has 4 aromatic rings. The number of aromatic nitrogens is 1. The highest BCUT2D eigenvalue weighted by Gasteiger charge is 2.18. The van der Waals surface area contributed by atoms with Crippen LogP contribution in [0.1, 0.15) is 32.4 Å². The van der Waals surface area contributed by atoms with E-state index in [0.717, 1.165) is 5.56 Å². The van der Waals surface area contributed by atoms with Crippen LogP contribution >= 0.6 is 0 Å². The molecule has 7 heteroatoms. The zero-order chi connectivity index (χ0) is 22.8. The Hall–Kier alpha value is -4.39. The highest BCUT2D eigenvalue weighted by Crippen LogP contribution is 2.29. The Balaban J connectivity index is 1.75. The van der Waals surface area contributed by atoms with Gasteiger partial charge in [-0.1, -0.05) is 30.3 Å². The third kappa shape index (κ3) is 3.96. The quantitative estimate of drug-likeness (QED) is 0.470. The van der Waals surface area contributed by atoms with E-state index in [1.165, 1.54) is 29.8 Å². The third-order valence-corrected chi connectivity index (χ3v) is 5.14. The van der Waals surface area contributed by atoms with Gasteiger partial charge in [0.1, 0.15) is 5.75 Å². The minimum Gasteiger partial charge on any atom is -0.497 e. The molecular weight excluding hydrogens is 408 g/mol. The lowest BCUT2D eigenvalue weighted by molar-refractivity contribution is 0.0696. The van der Waals surface area contributed by atoms with Crippen LogP contribution in [0.3, 0.4) is 0 Å². The maximum Gasteiger partial charge on any atom is 0.335 e. The first kappa shape index (κ1) is 20.9. The van der Waals surface area contributed by atoms with Crippen LogP contribution in [-0.4, -0.2) is 34.6 Å². The molecule has 2 N–H and O–H groups in total. The standard InChI is InChI=1S/C25H20N2O5/c1-15(28)27-14-22(21-8-3-4-9-23(21)27)24(29)26-19-11-17(10-18(12-19)25(30)31)16-6-5-7-20(13-16)32-2/h3-14H,1-2H3,(H,26,29)(H,30,31). The van der Waals surface area contributed by atoms with Gasteiger partial charge in [0.15, 0.2) is 0 Å². The lowest BCUT2D eigenvalue weighted by Crippen LogP contribution is -2.13. The summed E-state index contributed by atoms with van der Waals surface area (Å²) in [5.41, 5.74) is 2.67. The maximum atomic E-state index is 13.1. The number of methoxy groups -OCH3 is 1. The number of aromatic carboxylic acids is 1. The van der Waals surface area contributed by atoms with Gasteiger partial charge in [-0.25, -0.2) is 4.79 Å². The fraction of sp³-hybridized carbons (Fsp3) is 0.0800. The van der Waals surface area contributed by atoms with Gasteiger partial charge in [0, 0.05) is 24.2 Å². The molecule has 0 aliphatic carbocycles. The summed E-state index contributed by atoms with van der Waals surface area (Å²) in [5, 5.41) is 13.0. The molecule has 3 aromatic carbocycles. The lowest BCUT2D eigenvalue weighted by atomic mass is 10.0. The third-order valence-electron chi connectivity index (χ3n) is 5.14. The van der Waals surface area contributed by atoms with Gasteiger partial charge < -0.3 is 15.2 Å². The van der Waals surface area contributed by atoms with Crippen LogP contribution in [0.5, 0.6) is 5.75 Å². The Bertz CT molecular complexity index is 1370. The van der Waals surface area contributed by atoms with Crippen molar-refractivity contribution in [3.63, 3.8) is 0 Å². The van der Waals surface area contributed by atoms with E-state index in [0.29, 0.717) is 33.5 Å². The van der Waals surface area contributed by atoms with E-state index in [-0.39, 0.29) is 11.5 Å². The summed E-state index contributed by atoms with van der Waals surface area (Å²) >= 11 is 0. The minimum atomic E-state index is -1.11. The summed E-state index contributed by atoms with van der Waals surface area (Å²) in [6.07, 6.45) is 1.49. The van der Waals surface area contributed by atoms with Crippen LogP contribution < -0.4 is 10.1 Å². The van der Waals surface area contributed by atoms with Crippen molar-refractivity contribution in [3.8, 4) is 16.9 Å². The van der Waals surface area contributed by atoms with Crippen LogP contribution in [0.4, 0.5) is 5.69 Å². The van der Waals surface area contributed by atoms with Gasteiger partial charge in [-0.05, 0) is 47.5 Å². The number of benzene rings is 3. The van der Waals surface area contributed by atoms with E-state index >= 15 is 0 Å². The number of hydrogen-bond acceptors (Lipinski definition) is 4. The van der Waals surface area contributed by atoms with E-state index in [1.54, 1.807) is 55.6 Å². The number of carbonyl (C=O) groups excluding carboxylic acids is 2. The summed E-state index contributed by atoms with van der Waals surface area (Å²) in [5.74, 6) is -1.14. The number of rotatable bonds is 5. The van der Waals surface area contributed by atoms with Crippen molar-refractivity contribution < 1.29 is 24.2 Å². The molecule has 160 valence electrons. The Kier molecular flexibility index (Phi) is 5.47. The number of para-hydroxylation sites is 1. The summed E-state index contributed by atoms with van der Waals surface area (Å²) < 4.78 is 6.67. The fourth-order valence-corrected chi connectivity index (χ4v) is 3.61. The average molecular weight is 428 g/mol. The van der Waals surface area contributed by atoms with Crippen LogP contribution in [0.15, 0.2) is 72.9 Å². The van der Waals surface area contributed by atoms with Gasteiger partial charge in [0.05, 0.1) is 23.8 Å². The highest BCUT2D eigenvalue weighted by atomic mass is 16.5. The number of ether oxygens (including phenoxy) is 1. The normalized spacial score (nSPS) is 10.7. The fourth-order valence-electron chi connectivity index (χ4n) is 3.61. The first-order chi connectivity index (χ1) is 15.4. The maximum absolute atomic E-state index is 13.1. The summed E-state index contributed by atoms with van der Waals surface area (Å²) in [4.78, 5) is 36.8. The van der Waals surface area contributed by atoms with Gasteiger partial charge >= 0.3 is 5.97 Å². The molecule has 0 bridgehead atoms. The number of carboxylic acid groups (broad SMARTS) is 1. The van der Waals surface area contributed by atoms with Crippen LogP contribution in [0, 0.1) is 0 Å². The highest BCUT2D eigenvalue weighted by molar-refractivity contribution is 6.14. The largest absolute Gasteiger partial charge is 0.497 e. The number of carbonyl (C=O) groups is 3. The predicted octanol–water partition coefficient (Wildman–Crippen LogP) is 4.93. The van der Waals surface area contributed by atoms with E-state index in [4.69, 9.17) is 4.74 Å². The Morgan fingerprint density at radius 3 is 2.44 bits per heavy atom. The van der Waals surface area contributed by atoms with Gasteiger partial charge in [0.25, 0.3) is 5.91 Å². The SMILES string of the molecule is COc1cccc(-c2cc(NC(=O)c3cn(C(C)=O)c4ccccc34)cc(C(=O)O)c2)c1. The minimum absolute atomic E-state index is 0.0341. The van der Waals surface area contributed by atoms with Crippen molar-refractivity contribution >= 4 is 34.4 Å². The van der Waals surface area contributed by atoms with Gasteiger partial charge in [0.2, 0.25) is 5.91 Å². The molecule has 1 heterocycles. The summed E-state index contributed by atoms with van der Waals surface area (Å²) in [7, 11) is 1.55. The van der Waals surface area contributed by atoms with Crippen molar-refractivity contribution in [1.82, 2.24) is 4.57 Å². The number of hydrogen-bond donors (Lipinski definition) is 2. The average Bonchev–Trinajstić information content (AvgIpc) is 3.19. The number of nitrogens with zero attached hydrogens (tertiary/aromatic N) is 1. The number of amides is 1. The molecule has 4 rings (SSSR count). The molecule has 0 aliphatic heterocycles. The molecule has 0 unspecified atom stereocenters. The number of nitrogens with one attached hydrogen (secondary N) is 1. The summed E-state index contributed by atoms with van der Waals surface area (Å²) in [6, 6.07) is 18.9. The van der Waals surface area contributed by atoms with E-state index < -0.39 is 11.9 Å². The topological polar surface area (TPSA) is 97.6 Å². The molecule has 32 heavy (non-hydrogen) atoms. The molecule has 0 saturated heterocycles. The second-order valence-corrected chi connectivity index (χ2v) is 7.24. The van der Waals surface area contributed by atoms with E-state index in [2.05, 4.69) is 5.32 Å². The van der Waals surface area contributed by atoms with Gasteiger partial charge in [-0.3, -0.25) is 14.2 Å².